The Morgan fingerprint density at radius 2 is 1.95 bits per heavy atom. The Hall–Kier alpha value is -1.10. The van der Waals surface area contributed by atoms with E-state index in [1.165, 1.54) is 0 Å². The number of primary amides is 1. The van der Waals surface area contributed by atoms with Crippen LogP contribution in [-0.2, 0) is 4.79 Å². The fourth-order valence-corrected chi connectivity index (χ4v) is 3.24. The average molecular weight is 296 g/mol. The molecule has 110 valence electrons. The first-order valence-electron chi connectivity index (χ1n) is 7.04. The summed E-state index contributed by atoms with van der Waals surface area (Å²) in [5.41, 5.74) is 12.6. The van der Waals surface area contributed by atoms with Crippen LogP contribution in [0.3, 0.4) is 0 Å². The molecule has 0 aromatic heterocycles. The summed E-state index contributed by atoms with van der Waals surface area (Å²) in [7, 11) is 0. The second kappa shape index (κ2) is 6.57. The third-order valence-electron chi connectivity index (χ3n) is 4.05. The predicted molar refractivity (Wildman–Crippen MR) is 81.3 cm³/mol. The van der Waals surface area contributed by atoms with Crippen molar-refractivity contribution in [2.75, 3.05) is 13.1 Å². The van der Waals surface area contributed by atoms with E-state index in [2.05, 4.69) is 4.90 Å². The minimum atomic E-state index is -0.195. The van der Waals surface area contributed by atoms with Gasteiger partial charge in [-0.1, -0.05) is 29.8 Å². The second-order valence-corrected chi connectivity index (χ2v) is 5.95. The average Bonchev–Trinajstić information content (AvgIpc) is 2.41. The molecule has 1 heterocycles. The Morgan fingerprint density at radius 3 is 2.45 bits per heavy atom. The number of hydrogen-bond donors (Lipinski definition) is 2. The van der Waals surface area contributed by atoms with E-state index in [-0.39, 0.29) is 23.9 Å². The summed E-state index contributed by atoms with van der Waals surface area (Å²) in [5.74, 6) is -0.203. The lowest BCUT2D eigenvalue weighted by atomic mass is 9.91. The molecule has 0 aliphatic carbocycles. The first-order chi connectivity index (χ1) is 9.50. The van der Waals surface area contributed by atoms with Crippen molar-refractivity contribution < 1.29 is 4.79 Å². The van der Waals surface area contributed by atoms with Crippen LogP contribution >= 0.6 is 11.6 Å². The fraction of sp³-hybridized carbons (Fsp3) is 0.533. The molecule has 5 heteroatoms. The summed E-state index contributed by atoms with van der Waals surface area (Å²) >= 11 is 6.31. The van der Waals surface area contributed by atoms with Crippen LogP contribution in [0.15, 0.2) is 24.3 Å². The van der Waals surface area contributed by atoms with Crippen molar-refractivity contribution in [1.29, 1.82) is 0 Å². The summed E-state index contributed by atoms with van der Waals surface area (Å²) in [6, 6.07) is 7.87. The van der Waals surface area contributed by atoms with Gasteiger partial charge in [0.25, 0.3) is 0 Å². The number of halogens is 1. The van der Waals surface area contributed by atoms with Gasteiger partial charge in [-0.2, -0.15) is 0 Å². The molecule has 0 saturated carbocycles. The van der Waals surface area contributed by atoms with Crippen LogP contribution in [0, 0.1) is 5.92 Å². The highest BCUT2D eigenvalue weighted by atomic mass is 35.5. The molecule has 4 nitrogen and oxygen atoms in total. The highest BCUT2D eigenvalue weighted by Crippen LogP contribution is 2.32. The zero-order valence-electron chi connectivity index (χ0n) is 11.8. The number of amides is 1. The van der Waals surface area contributed by atoms with E-state index in [9.17, 15) is 4.79 Å². The third-order valence-corrected chi connectivity index (χ3v) is 4.39. The first kappa shape index (κ1) is 15.3. The number of likely N-dealkylation sites (tertiary alicyclic amines) is 1. The number of benzene rings is 1. The number of carbonyl (C=O) groups excluding carboxylic acids is 1. The standard InChI is InChI=1S/C15H22ClN3O/c1-10(17)14(12-4-2-3-5-13(12)16)19-8-6-11(7-9-19)15(18)20/h2-5,10-11,14H,6-9,17H2,1H3,(H2,18,20). The van der Waals surface area contributed by atoms with Gasteiger partial charge in [0.15, 0.2) is 0 Å². The number of piperidine rings is 1. The molecule has 2 atom stereocenters. The van der Waals surface area contributed by atoms with E-state index in [1.807, 2.05) is 31.2 Å². The van der Waals surface area contributed by atoms with Gasteiger partial charge in [-0.05, 0) is 44.5 Å². The molecular weight excluding hydrogens is 274 g/mol. The van der Waals surface area contributed by atoms with Gasteiger partial charge in [-0.15, -0.1) is 0 Å². The van der Waals surface area contributed by atoms with E-state index in [0.29, 0.717) is 0 Å². The van der Waals surface area contributed by atoms with Crippen LogP contribution in [0.5, 0.6) is 0 Å². The molecule has 2 rings (SSSR count). The van der Waals surface area contributed by atoms with Crippen LogP contribution in [0.4, 0.5) is 0 Å². The molecule has 1 aromatic rings. The SMILES string of the molecule is CC(N)C(c1ccccc1Cl)N1CCC(C(N)=O)CC1. The van der Waals surface area contributed by atoms with Crippen LogP contribution in [0.1, 0.15) is 31.4 Å². The van der Waals surface area contributed by atoms with Gasteiger partial charge in [-0.25, -0.2) is 0 Å². The van der Waals surface area contributed by atoms with Crippen molar-refractivity contribution in [1.82, 2.24) is 4.90 Å². The number of carbonyl (C=O) groups is 1. The van der Waals surface area contributed by atoms with E-state index in [0.717, 1.165) is 36.5 Å². The van der Waals surface area contributed by atoms with Crippen LogP contribution in [0.25, 0.3) is 0 Å². The number of hydrogen-bond acceptors (Lipinski definition) is 3. The molecule has 1 aromatic carbocycles. The van der Waals surface area contributed by atoms with Gasteiger partial charge in [0, 0.05) is 17.0 Å². The maximum Gasteiger partial charge on any atom is 0.220 e. The van der Waals surface area contributed by atoms with Gasteiger partial charge in [0.1, 0.15) is 0 Å². The van der Waals surface area contributed by atoms with E-state index in [1.54, 1.807) is 0 Å². The fourth-order valence-electron chi connectivity index (χ4n) is 2.99. The molecule has 4 N–H and O–H groups in total. The molecule has 1 aliphatic heterocycles. The summed E-state index contributed by atoms with van der Waals surface area (Å²) in [5, 5.41) is 0.742. The van der Waals surface area contributed by atoms with Crippen LogP contribution in [0.2, 0.25) is 5.02 Å². The van der Waals surface area contributed by atoms with Gasteiger partial charge in [0.2, 0.25) is 5.91 Å². The molecule has 2 unspecified atom stereocenters. The van der Waals surface area contributed by atoms with Gasteiger partial charge in [-0.3, -0.25) is 9.69 Å². The van der Waals surface area contributed by atoms with Gasteiger partial charge in [0.05, 0.1) is 6.04 Å². The summed E-state index contributed by atoms with van der Waals surface area (Å²) in [4.78, 5) is 13.6. The van der Waals surface area contributed by atoms with Crippen molar-refractivity contribution in [3.63, 3.8) is 0 Å². The lowest BCUT2D eigenvalue weighted by molar-refractivity contribution is -0.123. The maximum atomic E-state index is 11.2. The Balaban J connectivity index is 2.15. The van der Waals surface area contributed by atoms with Crippen molar-refractivity contribution >= 4 is 17.5 Å². The molecule has 20 heavy (non-hydrogen) atoms. The number of nitrogens with two attached hydrogens (primary N) is 2. The monoisotopic (exact) mass is 295 g/mol. The second-order valence-electron chi connectivity index (χ2n) is 5.54. The minimum Gasteiger partial charge on any atom is -0.369 e. The normalized spacial score (nSPS) is 20.6. The molecule has 0 spiro atoms. The van der Waals surface area contributed by atoms with Crippen LogP contribution < -0.4 is 11.5 Å². The molecule has 0 bridgehead atoms. The highest BCUT2D eigenvalue weighted by Gasteiger charge is 2.31. The van der Waals surface area contributed by atoms with Crippen molar-refractivity contribution in [2.45, 2.75) is 31.8 Å². The quantitative estimate of drug-likeness (QED) is 0.891. The Labute approximate surface area is 125 Å². The molecule has 0 radical (unpaired) electrons. The topological polar surface area (TPSA) is 72.3 Å². The largest absolute Gasteiger partial charge is 0.369 e. The predicted octanol–water partition coefficient (Wildman–Crippen LogP) is 1.93. The minimum absolute atomic E-state index is 0.00812. The molecular formula is C15H22ClN3O. The smallest absolute Gasteiger partial charge is 0.220 e. The van der Waals surface area contributed by atoms with E-state index < -0.39 is 0 Å². The number of nitrogens with zero attached hydrogens (tertiary/aromatic N) is 1. The Kier molecular flexibility index (Phi) is 5.02. The van der Waals surface area contributed by atoms with Crippen molar-refractivity contribution in [3.05, 3.63) is 34.9 Å². The summed E-state index contributed by atoms with van der Waals surface area (Å²) < 4.78 is 0. The third kappa shape index (κ3) is 3.32. The molecule has 1 aliphatic rings. The van der Waals surface area contributed by atoms with Gasteiger partial charge < -0.3 is 11.5 Å². The zero-order chi connectivity index (χ0) is 14.7. The van der Waals surface area contributed by atoms with E-state index in [4.69, 9.17) is 23.1 Å². The Bertz CT molecular complexity index is 470. The van der Waals surface area contributed by atoms with Crippen LogP contribution in [-0.4, -0.2) is 29.9 Å². The van der Waals surface area contributed by atoms with Gasteiger partial charge >= 0.3 is 0 Å². The lowest BCUT2D eigenvalue weighted by Crippen LogP contribution is -2.45. The van der Waals surface area contributed by atoms with E-state index >= 15 is 0 Å². The summed E-state index contributed by atoms with van der Waals surface area (Å²) in [6.07, 6.45) is 1.59. The number of rotatable bonds is 4. The molecule has 1 amide bonds. The Morgan fingerprint density at radius 1 is 1.35 bits per heavy atom. The summed E-state index contributed by atoms with van der Waals surface area (Å²) in [6.45, 7) is 3.64. The maximum absolute atomic E-state index is 11.2. The molecule has 1 saturated heterocycles. The van der Waals surface area contributed by atoms with Crippen molar-refractivity contribution in [3.8, 4) is 0 Å². The highest BCUT2D eigenvalue weighted by molar-refractivity contribution is 6.31. The first-order valence-corrected chi connectivity index (χ1v) is 7.42. The van der Waals surface area contributed by atoms with Crippen molar-refractivity contribution in [2.24, 2.45) is 17.4 Å². The lowest BCUT2D eigenvalue weighted by Gasteiger charge is -2.39. The molecule has 1 fully saturated rings. The zero-order valence-corrected chi connectivity index (χ0v) is 12.5.